The summed E-state index contributed by atoms with van der Waals surface area (Å²) in [5.41, 5.74) is 4.64. The Hall–Kier alpha value is -3.62. The van der Waals surface area contributed by atoms with Gasteiger partial charge >= 0.3 is 0 Å². The number of thiophene rings is 1. The topological polar surface area (TPSA) is 77.8 Å². The van der Waals surface area contributed by atoms with Crippen LogP contribution in [-0.2, 0) is 24.4 Å². The van der Waals surface area contributed by atoms with Crippen LogP contribution in [0.5, 0.6) is 0 Å². The van der Waals surface area contributed by atoms with Crippen LogP contribution in [0.15, 0.2) is 72.6 Å². The zero-order chi connectivity index (χ0) is 21.8. The van der Waals surface area contributed by atoms with Crippen molar-refractivity contribution in [1.29, 1.82) is 0 Å². The molecule has 1 N–H and O–H groups in total. The zero-order valence-corrected chi connectivity index (χ0v) is 18.4. The molecule has 0 amide bonds. The first-order valence-electron chi connectivity index (χ1n) is 10.3. The van der Waals surface area contributed by atoms with Gasteiger partial charge in [-0.05, 0) is 16.7 Å². The first kappa shape index (κ1) is 20.3. The Kier molecular flexibility index (Phi) is 5.87. The largest absolute Gasteiger partial charge is 0.377 e. The number of ether oxygens (including phenoxy) is 1. The van der Waals surface area contributed by atoms with E-state index in [4.69, 9.17) is 14.7 Å². The maximum atomic E-state index is 5.28. The highest BCUT2D eigenvalue weighted by Crippen LogP contribution is 2.37. The molecule has 0 saturated heterocycles. The van der Waals surface area contributed by atoms with Crippen LogP contribution in [-0.4, -0.2) is 31.8 Å². The van der Waals surface area contributed by atoms with E-state index < -0.39 is 0 Å². The molecular formula is C24H22N6OS. The van der Waals surface area contributed by atoms with Gasteiger partial charge in [-0.15, -0.1) is 11.3 Å². The molecule has 3 heterocycles. The number of hydrogen-bond acceptors (Lipinski definition) is 7. The molecule has 2 aromatic carbocycles. The number of nitrogens with one attached hydrogen (secondary N) is 1. The second-order valence-electron chi connectivity index (χ2n) is 7.38. The SMILES string of the molecule is COCc1nc(NCc2ccc(Cn3cncn3)cc2)c2c(-c3ccccc3)csc2n1. The molecule has 0 aliphatic rings. The van der Waals surface area contributed by atoms with Gasteiger partial charge in [0.15, 0.2) is 5.82 Å². The molecule has 0 bridgehead atoms. The van der Waals surface area contributed by atoms with Crippen LogP contribution < -0.4 is 5.32 Å². The predicted molar refractivity (Wildman–Crippen MR) is 126 cm³/mol. The number of methoxy groups -OCH3 is 1. The van der Waals surface area contributed by atoms with Crippen LogP contribution in [0, 0.1) is 0 Å². The van der Waals surface area contributed by atoms with Crippen LogP contribution in [0.2, 0.25) is 0 Å². The van der Waals surface area contributed by atoms with E-state index in [1.807, 2.05) is 22.9 Å². The van der Waals surface area contributed by atoms with Gasteiger partial charge in [-0.2, -0.15) is 5.10 Å². The van der Waals surface area contributed by atoms with Gasteiger partial charge in [0.2, 0.25) is 0 Å². The summed E-state index contributed by atoms with van der Waals surface area (Å²) < 4.78 is 7.09. The Morgan fingerprint density at radius 2 is 1.81 bits per heavy atom. The van der Waals surface area contributed by atoms with E-state index in [-0.39, 0.29) is 0 Å². The quantitative estimate of drug-likeness (QED) is 0.373. The Balaban J connectivity index is 1.41. The van der Waals surface area contributed by atoms with Crippen molar-refractivity contribution >= 4 is 27.4 Å². The van der Waals surface area contributed by atoms with Gasteiger partial charge < -0.3 is 10.1 Å². The molecule has 0 radical (unpaired) electrons. The molecule has 5 rings (SSSR count). The van der Waals surface area contributed by atoms with Crippen LogP contribution >= 0.6 is 11.3 Å². The highest BCUT2D eigenvalue weighted by molar-refractivity contribution is 7.17. The van der Waals surface area contributed by atoms with E-state index in [0.717, 1.165) is 27.2 Å². The summed E-state index contributed by atoms with van der Waals surface area (Å²) in [5, 5.41) is 10.9. The van der Waals surface area contributed by atoms with Gasteiger partial charge in [0, 0.05) is 24.6 Å². The van der Waals surface area contributed by atoms with Crippen molar-refractivity contribution in [3.8, 4) is 11.1 Å². The summed E-state index contributed by atoms with van der Waals surface area (Å²) in [7, 11) is 1.66. The molecular weight excluding hydrogens is 420 g/mol. The van der Waals surface area contributed by atoms with Crippen molar-refractivity contribution in [2.24, 2.45) is 0 Å². The lowest BCUT2D eigenvalue weighted by Crippen LogP contribution is -2.06. The molecule has 5 aromatic rings. The molecule has 32 heavy (non-hydrogen) atoms. The minimum atomic E-state index is 0.375. The van der Waals surface area contributed by atoms with Crippen molar-refractivity contribution in [2.45, 2.75) is 19.7 Å². The highest BCUT2D eigenvalue weighted by atomic mass is 32.1. The summed E-state index contributed by atoms with van der Waals surface area (Å²) in [4.78, 5) is 14.4. The summed E-state index contributed by atoms with van der Waals surface area (Å²) in [6.45, 7) is 1.74. The number of rotatable bonds is 8. The highest BCUT2D eigenvalue weighted by Gasteiger charge is 2.15. The number of hydrogen-bond donors (Lipinski definition) is 1. The third kappa shape index (κ3) is 4.37. The fourth-order valence-corrected chi connectivity index (χ4v) is 4.55. The normalized spacial score (nSPS) is 11.2. The van der Waals surface area contributed by atoms with Gasteiger partial charge in [0.25, 0.3) is 0 Å². The predicted octanol–water partition coefficient (Wildman–Crippen LogP) is 4.76. The molecule has 0 aliphatic heterocycles. The minimum Gasteiger partial charge on any atom is -0.377 e. The van der Waals surface area contributed by atoms with Gasteiger partial charge in [-0.1, -0.05) is 54.6 Å². The van der Waals surface area contributed by atoms with Gasteiger partial charge in [0.05, 0.1) is 11.9 Å². The maximum Gasteiger partial charge on any atom is 0.158 e. The molecule has 0 spiro atoms. The van der Waals surface area contributed by atoms with Gasteiger partial charge in [0.1, 0.15) is 29.9 Å². The lowest BCUT2D eigenvalue weighted by Gasteiger charge is -2.11. The fourth-order valence-electron chi connectivity index (χ4n) is 3.59. The van der Waals surface area contributed by atoms with Crippen molar-refractivity contribution in [3.63, 3.8) is 0 Å². The lowest BCUT2D eigenvalue weighted by molar-refractivity contribution is 0.178. The van der Waals surface area contributed by atoms with Crippen LogP contribution in [0.25, 0.3) is 21.3 Å². The lowest BCUT2D eigenvalue weighted by atomic mass is 10.1. The second kappa shape index (κ2) is 9.25. The summed E-state index contributed by atoms with van der Waals surface area (Å²) in [6.07, 6.45) is 3.27. The van der Waals surface area contributed by atoms with Crippen molar-refractivity contribution in [1.82, 2.24) is 24.7 Å². The van der Waals surface area contributed by atoms with E-state index in [1.54, 1.807) is 31.1 Å². The van der Waals surface area contributed by atoms with Crippen LogP contribution in [0.3, 0.4) is 0 Å². The average Bonchev–Trinajstić information content (AvgIpc) is 3.49. The number of benzene rings is 2. The van der Waals surface area contributed by atoms with E-state index >= 15 is 0 Å². The third-order valence-electron chi connectivity index (χ3n) is 5.13. The number of aromatic nitrogens is 5. The van der Waals surface area contributed by atoms with Crippen molar-refractivity contribution in [3.05, 3.63) is 89.6 Å². The Morgan fingerprint density at radius 1 is 1.00 bits per heavy atom. The molecule has 0 fully saturated rings. The third-order valence-corrected chi connectivity index (χ3v) is 6.00. The van der Waals surface area contributed by atoms with Crippen LogP contribution in [0.4, 0.5) is 5.82 Å². The molecule has 0 atom stereocenters. The molecule has 0 unspecified atom stereocenters. The Labute approximate surface area is 189 Å². The zero-order valence-electron chi connectivity index (χ0n) is 17.6. The summed E-state index contributed by atoms with van der Waals surface area (Å²) >= 11 is 1.63. The molecule has 8 heteroatoms. The van der Waals surface area contributed by atoms with E-state index in [1.165, 1.54) is 11.1 Å². The first-order chi connectivity index (χ1) is 15.8. The molecule has 7 nitrogen and oxygen atoms in total. The van der Waals surface area contributed by atoms with Crippen LogP contribution in [0.1, 0.15) is 17.0 Å². The number of nitrogens with zero attached hydrogens (tertiary/aromatic N) is 5. The standard InChI is InChI=1S/C24H22N6OS/c1-31-13-21-28-23(22-20(14-32-24(22)29-21)19-5-3-2-4-6-19)26-11-17-7-9-18(10-8-17)12-30-16-25-15-27-30/h2-10,14-16H,11-13H2,1H3,(H,26,28,29). The second-order valence-corrected chi connectivity index (χ2v) is 8.24. The van der Waals surface area contributed by atoms with E-state index in [9.17, 15) is 0 Å². The Morgan fingerprint density at radius 3 is 2.56 bits per heavy atom. The molecule has 0 saturated carbocycles. The number of anilines is 1. The molecule has 3 aromatic heterocycles. The van der Waals surface area contributed by atoms with Crippen molar-refractivity contribution in [2.75, 3.05) is 12.4 Å². The fraction of sp³-hybridized carbons (Fsp3) is 0.167. The maximum absolute atomic E-state index is 5.28. The average molecular weight is 443 g/mol. The molecule has 0 aliphatic carbocycles. The van der Waals surface area contributed by atoms with E-state index in [2.05, 4.69) is 57.2 Å². The minimum absolute atomic E-state index is 0.375. The van der Waals surface area contributed by atoms with E-state index in [0.29, 0.717) is 25.5 Å². The first-order valence-corrected chi connectivity index (χ1v) is 11.1. The van der Waals surface area contributed by atoms with Gasteiger partial charge in [-0.25, -0.2) is 19.6 Å². The summed E-state index contributed by atoms with van der Waals surface area (Å²) in [6, 6.07) is 18.8. The summed E-state index contributed by atoms with van der Waals surface area (Å²) in [5.74, 6) is 1.50. The Bertz CT molecular complexity index is 1300. The smallest absolute Gasteiger partial charge is 0.158 e. The van der Waals surface area contributed by atoms with Crippen molar-refractivity contribution < 1.29 is 4.74 Å². The van der Waals surface area contributed by atoms with Gasteiger partial charge in [-0.3, -0.25) is 0 Å². The monoisotopic (exact) mass is 442 g/mol. The number of fused-ring (bicyclic) bond motifs is 1. The molecule has 160 valence electrons.